The Kier molecular flexibility index (Phi) is 1.87. The SMILES string of the molecule is Cl.c1cc2nc[nH]c2cn1. The highest BCUT2D eigenvalue weighted by Crippen LogP contribution is 2.03. The molecule has 52 valence electrons. The molecule has 0 unspecified atom stereocenters. The van der Waals surface area contributed by atoms with Gasteiger partial charge in [0.15, 0.2) is 0 Å². The maximum absolute atomic E-state index is 4.02. The van der Waals surface area contributed by atoms with E-state index in [9.17, 15) is 0 Å². The molecule has 2 aromatic heterocycles. The summed E-state index contributed by atoms with van der Waals surface area (Å²) in [5.41, 5.74) is 1.95. The smallest absolute Gasteiger partial charge is 0.0932 e. The molecule has 2 aromatic rings. The van der Waals surface area contributed by atoms with Gasteiger partial charge in [-0.2, -0.15) is 0 Å². The average Bonchev–Trinajstić information content (AvgIpc) is 2.33. The number of imidazole rings is 1. The Hall–Kier alpha value is -1.09. The molecule has 0 radical (unpaired) electrons. The van der Waals surface area contributed by atoms with Crippen molar-refractivity contribution in [1.82, 2.24) is 15.0 Å². The number of nitrogens with zero attached hydrogens (tertiary/aromatic N) is 2. The predicted molar refractivity (Wildman–Crippen MR) is 41.1 cm³/mol. The number of rotatable bonds is 0. The zero-order valence-corrected chi connectivity index (χ0v) is 5.93. The van der Waals surface area contributed by atoms with Crippen LogP contribution in [0.1, 0.15) is 0 Å². The molecule has 1 N–H and O–H groups in total. The molecule has 0 saturated carbocycles. The van der Waals surface area contributed by atoms with Gasteiger partial charge in [0.05, 0.1) is 23.6 Å². The zero-order valence-electron chi connectivity index (χ0n) is 5.11. The van der Waals surface area contributed by atoms with Crippen LogP contribution in [0.25, 0.3) is 11.0 Å². The van der Waals surface area contributed by atoms with Gasteiger partial charge in [0, 0.05) is 6.20 Å². The summed E-state index contributed by atoms with van der Waals surface area (Å²) in [7, 11) is 0. The number of aromatic nitrogens is 3. The molecule has 4 heteroatoms. The third kappa shape index (κ3) is 0.953. The van der Waals surface area contributed by atoms with Crippen LogP contribution in [0.5, 0.6) is 0 Å². The van der Waals surface area contributed by atoms with Gasteiger partial charge < -0.3 is 4.98 Å². The highest BCUT2D eigenvalue weighted by Gasteiger charge is 1.89. The molecule has 0 aromatic carbocycles. The van der Waals surface area contributed by atoms with Crippen LogP contribution in [0.2, 0.25) is 0 Å². The van der Waals surface area contributed by atoms with Crippen LogP contribution in [-0.2, 0) is 0 Å². The zero-order chi connectivity index (χ0) is 6.10. The summed E-state index contributed by atoms with van der Waals surface area (Å²) < 4.78 is 0. The highest BCUT2D eigenvalue weighted by molar-refractivity contribution is 5.85. The topological polar surface area (TPSA) is 41.6 Å². The van der Waals surface area contributed by atoms with E-state index in [1.165, 1.54) is 0 Å². The molecule has 0 fully saturated rings. The second kappa shape index (κ2) is 2.66. The quantitative estimate of drug-likeness (QED) is 0.625. The van der Waals surface area contributed by atoms with Gasteiger partial charge >= 0.3 is 0 Å². The first-order chi connectivity index (χ1) is 4.47. The van der Waals surface area contributed by atoms with Gasteiger partial charge in [-0.3, -0.25) is 4.98 Å². The monoisotopic (exact) mass is 155 g/mol. The van der Waals surface area contributed by atoms with Crippen LogP contribution in [0, 0.1) is 0 Å². The first-order valence-electron chi connectivity index (χ1n) is 2.70. The minimum absolute atomic E-state index is 0. The summed E-state index contributed by atoms with van der Waals surface area (Å²) in [4.78, 5) is 10.9. The van der Waals surface area contributed by atoms with E-state index in [2.05, 4.69) is 15.0 Å². The summed E-state index contributed by atoms with van der Waals surface area (Å²) in [6.07, 6.45) is 5.14. The van der Waals surface area contributed by atoms with Crippen LogP contribution in [0.3, 0.4) is 0 Å². The number of hydrogen-bond donors (Lipinski definition) is 1. The van der Waals surface area contributed by atoms with Crippen molar-refractivity contribution in [2.75, 3.05) is 0 Å². The summed E-state index contributed by atoms with van der Waals surface area (Å²) in [6.45, 7) is 0. The van der Waals surface area contributed by atoms with E-state index in [1.54, 1.807) is 18.7 Å². The highest BCUT2D eigenvalue weighted by atomic mass is 35.5. The molecule has 0 aliphatic rings. The molecule has 0 spiro atoms. The fourth-order valence-electron chi connectivity index (χ4n) is 0.782. The van der Waals surface area contributed by atoms with E-state index in [0.717, 1.165) is 11.0 Å². The number of hydrogen-bond acceptors (Lipinski definition) is 2. The van der Waals surface area contributed by atoms with Crippen LogP contribution in [0.15, 0.2) is 24.8 Å². The molecule has 3 nitrogen and oxygen atoms in total. The lowest BCUT2D eigenvalue weighted by Crippen LogP contribution is -1.69. The Balaban J connectivity index is 0.000000500. The second-order valence-electron chi connectivity index (χ2n) is 1.80. The van der Waals surface area contributed by atoms with Crippen molar-refractivity contribution in [3.63, 3.8) is 0 Å². The van der Waals surface area contributed by atoms with Crippen molar-refractivity contribution in [3.05, 3.63) is 24.8 Å². The van der Waals surface area contributed by atoms with E-state index < -0.39 is 0 Å². The van der Waals surface area contributed by atoms with Crippen molar-refractivity contribution in [3.8, 4) is 0 Å². The lowest BCUT2D eigenvalue weighted by Gasteiger charge is -1.80. The summed E-state index contributed by atoms with van der Waals surface area (Å²) in [5, 5.41) is 0. The number of halogens is 1. The van der Waals surface area contributed by atoms with E-state index in [1.807, 2.05) is 6.07 Å². The molecule has 2 heterocycles. The van der Waals surface area contributed by atoms with Gasteiger partial charge in [-0.15, -0.1) is 12.4 Å². The molecule has 0 aliphatic carbocycles. The number of aromatic amines is 1. The summed E-state index contributed by atoms with van der Waals surface area (Å²) in [5.74, 6) is 0. The lowest BCUT2D eigenvalue weighted by molar-refractivity contribution is 1.33. The Morgan fingerprint density at radius 2 is 2.30 bits per heavy atom. The lowest BCUT2D eigenvalue weighted by atomic mass is 10.4. The number of H-pyrrole nitrogens is 1. The molecule has 0 saturated heterocycles. The van der Waals surface area contributed by atoms with Crippen molar-refractivity contribution in [2.45, 2.75) is 0 Å². The van der Waals surface area contributed by atoms with Gasteiger partial charge in [0.2, 0.25) is 0 Å². The third-order valence-electron chi connectivity index (χ3n) is 1.22. The average molecular weight is 156 g/mol. The van der Waals surface area contributed by atoms with Crippen LogP contribution < -0.4 is 0 Å². The number of pyridine rings is 1. The molecule has 0 aliphatic heterocycles. The van der Waals surface area contributed by atoms with E-state index in [4.69, 9.17) is 0 Å². The number of fused-ring (bicyclic) bond motifs is 1. The normalized spacial score (nSPS) is 9.20. The molecular weight excluding hydrogens is 150 g/mol. The van der Waals surface area contributed by atoms with Crippen LogP contribution in [-0.4, -0.2) is 15.0 Å². The summed E-state index contributed by atoms with van der Waals surface area (Å²) in [6, 6.07) is 1.87. The van der Waals surface area contributed by atoms with Crippen LogP contribution in [0.4, 0.5) is 0 Å². The predicted octanol–water partition coefficient (Wildman–Crippen LogP) is 1.38. The molecule has 0 atom stereocenters. The molecule has 10 heavy (non-hydrogen) atoms. The fourth-order valence-corrected chi connectivity index (χ4v) is 0.782. The summed E-state index contributed by atoms with van der Waals surface area (Å²) >= 11 is 0. The van der Waals surface area contributed by atoms with Crippen molar-refractivity contribution in [1.29, 1.82) is 0 Å². The van der Waals surface area contributed by atoms with Crippen LogP contribution >= 0.6 is 12.4 Å². The Morgan fingerprint density at radius 1 is 1.40 bits per heavy atom. The van der Waals surface area contributed by atoms with Gasteiger partial charge in [0.25, 0.3) is 0 Å². The molecule has 0 amide bonds. The molecule has 2 rings (SSSR count). The van der Waals surface area contributed by atoms with Crippen molar-refractivity contribution >= 4 is 23.4 Å². The van der Waals surface area contributed by atoms with Crippen molar-refractivity contribution in [2.24, 2.45) is 0 Å². The molecular formula is C6H6ClN3. The van der Waals surface area contributed by atoms with E-state index >= 15 is 0 Å². The minimum atomic E-state index is 0. The second-order valence-corrected chi connectivity index (χ2v) is 1.80. The first kappa shape index (κ1) is 7.02. The first-order valence-corrected chi connectivity index (χ1v) is 2.70. The maximum Gasteiger partial charge on any atom is 0.0932 e. The van der Waals surface area contributed by atoms with E-state index in [0.29, 0.717) is 0 Å². The van der Waals surface area contributed by atoms with Gasteiger partial charge in [-0.25, -0.2) is 4.98 Å². The fraction of sp³-hybridized carbons (Fsp3) is 0. The van der Waals surface area contributed by atoms with E-state index in [-0.39, 0.29) is 12.4 Å². The largest absolute Gasteiger partial charge is 0.343 e. The Bertz CT molecular complexity index is 287. The standard InChI is InChI=1S/C6H5N3.ClH/c1-2-7-3-6-5(1)8-4-9-6;/h1-4H,(H,8,9);1H. The number of nitrogens with one attached hydrogen (secondary N) is 1. The maximum atomic E-state index is 4.02. The minimum Gasteiger partial charge on any atom is -0.343 e. The molecule has 0 bridgehead atoms. The van der Waals surface area contributed by atoms with Gasteiger partial charge in [-0.05, 0) is 6.07 Å². The Morgan fingerprint density at radius 3 is 3.10 bits per heavy atom. The van der Waals surface area contributed by atoms with Gasteiger partial charge in [-0.1, -0.05) is 0 Å². The van der Waals surface area contributed by atoms with Gasteiger partial charge in [0.1, 0.15) is 0 Å². The third-order valence-corrected chi connectivity index (χ3v) is 1.22. The Labute approximate surface area is 63.9 Å². The van der Waals surface area contributed by atoms with Crippen molar-refractivity contribution < 1.29 is 0 Å².